The quantitative estimate of drug-likeness (QED) is 0.383. The van der Waals surface area contributed by atoms with Crippen molar-refractivity contribution in [3.63, 3.8) is 0 Å². The molecule has 1 aliphatic rings. The largest absolute Gasteiger partial charge is 0.422 e. The molecule has 0 bridgehead atoms. The number of anilines is 1. The molecule has 3 heterocycles. The van der Waals surface area contributed by atoms with Crippen molar-refractivity contribution < 1.29 is 13.9 Å². The number of hydrogen-bond donors (Lipinski definition) is 1. The van der Waals surface area contributed by atoms with Crippen molar-refractivity contribution in [1.82, 2.24) is 24.7 Å². The van der Waals surface area contributed by atoms with Crippen molar-refractivity contribution in [1.29, 1.82) is 0 Å². The number of benzene rings is 1. The molecule has 35 heavy (non-hydrogen) atoms. The summed E-state index contributed by atoms with van der Waals surface area (Å²) in [4.78, 5) is 38.3. The van der Waals surface area contributed by atoms with Crippen molar-refractivity contribution in [3.8, 4) is 23.0 Å². The molecule has 9 nitrogen and oxygen atoms in total. The number of aromatic nitrogens is 5. The number of nitrogens with zero attached hydrogens (tertiary/aromatic N) is 5. The van der Waals surface area contributed by atoms with Gasteiger partial charge in [0.2, 0.25) is 5.43 Å². The Morgan fingerprint density at radius 2 is 1.86 bits per heavy atom. The third-order valence-corrected chi connectivity index (χ3v) is 5.78. The van der Waals surface area contributed by atoms with E-state index in [-0.39, 0.29) is 46.3 Å². The molecule has 1 aromatic carbocycles. The van der Waals surface area contributed by atoms with Gasteiger partial charge in [0.1, 0.15) is 22.4 Å². The Labute approximate surface area is 203 Å². The van der Waals surface area contributed by atoms with Gasteiger partial charge in [0, 0.05) is 42.8 Å². The van der Waals surface area contributed by atoms with Crippen LogP contribution in [0.5, 0.6) is 11.8 Å². The maximum absolute atomic E-state index is 13.4. The second-order valence-electron chi connectivity index (χ2n) is 8.02. The summed E-state index contributed by atoms with van der Waals surface area (Å²) in [5.74, 6) is -0.475. The van der Waals surface area contributed by atoms with Crippen LogP contribution < -0.4 is 15.9 Å². The molecule has 5 rings (SSSR count). The van der Waals surface area contributed by atoms with Crippen molar-refractivity contribution in [2.24, 2.45) is 0 Å². The van der Waals surface area contributed by atoms with Crippen LogP contribution in [-0.4, -0.2) is 30.5 Å². The van der Waals surface area contributed by atoms with E-state index in [0.29, 0.717) is 11.1 Å². The molecule has 0 amide bonds. The standard InChI is InChI=1S/C24H18ClFN6O3/c25-20-19(7-8-28-23(20)27)35-24-29-10-13(11-30-24)9-18(33)17-12-32(16-5-6-16)31-21(22(17)34)14-1-3-15(26)4-2-14/h1-4,7-8,10-12,16H,5-6,9H2,(H2,27,28). The summed E-state index contributed by atoms with van der Waals surface area (Å²) in [6.45, 7) is 0. The molecule has 0 aliphatic heterocycles. The number of carbonyl (C=O) groups excluding carboxylic acids is 1. The molecule has 1 aliphatic carbocycles. The van der Waals surface area contributed by atoms with Gasteiger partial charge in [-0.15, -0.1) is 0 Å². The van der Waals surface area contributed by atoms with E-state index >= 15 is 0 Å². The minimum Gasteiger partial charge on any atom is -0.422 e. The third kappa shape index (κ3) is 4.87. The number of pyridine rings is 1. The highest BCUT2D eigenvalue weighted by Crippen LogP contribution is 2.34. The normalized spacial score (nSPS) is 13.0. The van der Waals surface area contributed by atoms with E-state index in [0.717, 1.165) is 12.8 Å². The average Bonchev–Trinajstić information content (AvgIpc) is 3.70. The van der Waals surface area contributed by atoms with Gasteiger partial charge in [-0.2, -0.15) is 5.10 Å². The van der Waals surface area contributed by atoms with Crippen molar-refractivity contribution in [3.05, 3.63) is 87.3 Å². The molecule has 0 radical (unpaired) electrons. The van der Waals surface area contributed by atoms with E-state index in [9.17, 15) is 14.0 Å². The predicted molar refractivity (Wildman–Crippen MR) is 126 cm³/mol. The van der Waals surface area contributed by atoms with Gasteiger partial charge >= 0.3 is 6.01 Å². The maximum atomic E-state index is 13.4. The molecule has 2 N–H and O–H groups in total. The van der Waals surface area contributed by atoms with E-state index in [1.54, 1.807) is 4.68 Å². The molecule has 3 aromatic heterocycles. The van der Waals surface area contributed by atoms with Crippen molar-refractivity contribution >= 4 is 23.2 Å². The van der Waals surface area contributed by atoms with E-state index in [2.05, 4.69) is 20.1 Å². The zero-order valence-electron chi connectivity index (χ0n) is 18.2. The highest BCUT2D eigenvalue weighted by Gasteiger charge is 2.27. The molecule has 1 fully saturated rings. The van der Waals surface area contributed by atoms with Gasteiger partial charge in [0.25, 0.3) is 0 Å². The summed E-state index contributed by atoms with van der Waals surface area (Å²) >= 11 is 6.06. The van der Waals surface area contributed by atoms with Crippen molar-refractivity contribution in [2.75, 3.05) is 5.73 Å². The number of Topliss-reactive ketones (excluding diaryl/α,β-unsaturated/α-hetero) is 1. The smallest absolute Gasteiger partial charge is 0.321 e. The lowest BCUT2D eigenvalue weighted by atomic mass is 10.0. The fourth-order valence-corrected chi connectivity index (χ4v) is 3.57. The molecule has 0 spiro atoms. The number of hydrogen-bond acceptors (Lipinski definition) is 8. The monoisotopic (exact) mass is 492 g/mol. The van der Waals surface area contributed by atoms with Crippen LogP contribution in [0, 0.1) is 5.82 Å². The highest BCUT2D eigenvalue weighted by atomic mass is 35.5. The molecular weight excluding hydrogens is 475 g/mol. The van der Waals surface area contributed by atoms with Crippen LogP contribution >= 0.6 is 11.6 Å². The lowest BCUT2D eigenvalue weighted by molar-refractivity contribution is 0.0990. The molecule has 11 heteroatoms. The summed E-state index contributed by atoms with van der Waals surface area (Å²) in [6, 6.07) is 7.11. The Bertz CT molecular complexity index is 1470. The zero-order valence-corrected chi connectivity index (χ0v) is 18.9. The van der Waals surface area contributed by atoms with E-state index in [1.807, 2.05) is 0 Å². The Balaban J connectivity index is 1.39. The number of nitrogens with two attached hydrogens (primary N) is 1. The lowest BCUT2D eigenvalue weighted by Crippen LogP contribution is -2.23. The van der Waals surface area contributed by atoms with Crippen LogP contribution in [0.1, 0.15) is 34.8 Å². The number of ketones is 1. The Morgan fingerprint density at radius 1 is 1.14 bits per heavy atom. The molecule has 1 saturated carbocycles. The average molecular weight is 493 g/mol. The van der Waals surface area contributed by atoms with Crippen LogP contribution in [0.25, 0.3) is 11.3 Å². The van der Waals surface area contributed by atoms with Crippen LogP contribution in [0.3, 0.4) is 0 Å². The number of nitrogen functional groups attached to an aromatic ring is 1. The van der Waals surface area contributed by atoms with Gasteiger partial charge in [0.05, 0.1) is 11.6 Å². The molecule has 0 unspecified atom stereocenters. The third-order valence-electron chi connectivity index (χ3n) is 5.40. The fraction of sp³-hybridized carbons (Fsp3) is 0.167. The SMILES string of the molecule is Nc1nccc(Oc2ncc(CC(=O)c3cn(C4CC4)nc(-c4ccc(F)cc4)c3=O)cn2)c1Cl. The zero-order chi connectivity index (χ0) is 24.5. The number of halogens is 2. The van der Waals surface area contributed by atoms with Crippen molar-refractivity contribution in [2.45, 2.75) is 25.3 Å². The van der Waals surface area contributed by atoms with Gasteiger partial charge in [-0.05, 0) is 42.7 Å². The first-order valence-corrected chi connectivity index (χ1v) is 11.1. The fourth-order valence-electron chi connectivity index (χ4n) is 3.42. The van der Waals surface area contributed by atoms with Gasteiger partial charge in [0.15, 0.2) is 11.5 Å². The molecule has 0 atom stereocenters. The summed E-state index contributed by atoms with van der Waals surface area (Å²) < 4.78 is 20.5. The first-order chi connectivity index (χ1) is 16.9. The Kier molecular flexibility index (Phi) is 5.96. The maximum Gasteiger partial charge on any atom is 0.321 e. The number of rotatable bonds is 7. The van der Waals surface area contributed by atoms with Crippen LogP contribution in [0.4, 0.5) is 10.2 Å². The minimum absolute atomic E-state index is 0.00518. The Hall–Kier alpha value is -4.18. The topological polar surface area (TPSA) is 126 Å². The Morgan fingerprint density at radius 3 is 2.54 bits per heavy atom. The summed E-state index contributed by atoms with van der Waals surface area (Å²) in [5.41, 5.74) is 6.19. The lowest BCUT2D eigenvalue weighted by Gasteiger charge is -2.10. The molecule has 0 saturated heterocycles. The summed E-state index contributed by atoms with van der Waals surface area (Å²) in [7, 11) is 0. The molecular formula is C24H18ClFN6O3. The summed E-state index contributed by atoms with van der Waals surface area (Å²) in [6.07, 6.45) is 7.51. The van der Waals surface area contributed by atoms with Crippen LogP contribution in [0.15, 0.2) is 59.9 Å². The molecule has 176 valence electrons. The van der Waals surface area contributed by atoms with Crippen LogP contribution in [0.2, 0.25) is 5.02 Å². The van der Waals surface area contributed by atoms with E-state index in [4.69, 9.17) is 22.1 Å². The minimum atomic E-state index is -0.510. The first-order valence-electron chi connectivity index (χ1n) is 10.7. The predicted octanol–water partition coefficient (Wildman–Crippen LogP) is 4.02. The second-order valence-corrected chi connectivity index (χ2v) is 8.40. The summed E-state index contributed by atoms with van der Waals surface area (Å²) in [5, 5.41) is 4.55. The van der Waals surface area contributed by atoms with Gasteiger partial charge in [-0.1, -0.05) is 11.6 Å². The van der Waals surface area contributed by atoms with Gasteiger partial charge < -0.3 is 10.5 Å². The van der Waals surface area contributed by atoms with E-state index in [1.165, 1.54) is 55.1 Å². The van der Waals surface area contributed by atoms with E-state index < -0.39 is 17.0 Å². The van der Waals surface area contributed by atoms with Gasteiger partial charge in [-0.3, -0.25) is 14.3 Å². The number of carbonyl (C=O) groups is 1. The number of ether oxygens (including phenoxy) is 1. The first kappa shape index (κ1) is 22.6. The molecule has 4 aromatic rings. The second kappa shape index (κ2) is 9.22. The van der Waals surface area contributed by atoms with Gasteiger partial charge in [-0.25, -0.2) is 19.3 Å². The van der Waals surface area contributed by atoms with Crippen LogP contribution in [-0.2, 0) is 6.42 Å². The highest BCUT2D eigenvalue weighted by molar-refractivity contribution is 6.34.